The van der Waals surface area contributed by atoms with E-state index in [4.69, 9.17) is 4.74 Å². The minimum absolute atomic E-state index is 0.0687. The van der Waals surface area contributed by atoms with Crippen LogP contribution in [0.4, 0.5) is 5.69 Å². The van der Waals surface area contributed by atoms with Crippen LogP contribution in [-0.4, -0.2) is 53.0 Å². The van der Waals surface area contributed by atoms with E-state index in [2.05, 4.69) is 20.8 Å². The maximum absolute atomic E-state index is 13.0. The molecule has 35 heavy (non-hydrogen) atoms. The fourth-order valence-electron chi connectivity index (χ4n) is 3.93. The summed E-state index contributed by atoms with van der Waals surface area (Å²) < 4.78 is 5.11. The highest BCUT2D eigenvalue weighted by atomic mass is 32.1. The second-order valence-corrected chi connectivity index (χ2v) is 9.37. The van der Waals surface area contributed by atoms with Gasteiger partial charge in [-0.05, 0) is 49.6 Å². The summed E-state index contributed by atoms with van der Waals surface area (Å²) in [6.07, 6.45) is 1.44. The number of piperidine rings is 1. The summed E-state index contributed by atoms with van der Waals surface area (Å²) in [6.45, 7) is 3.31. The van der Waals surface area contributed by atoms with Crippen LogP contribution in [0, 0.1) is 12.8 Å². The number of hydrogen-bond acceptors (Lipinski definition) is 7. The number of nitrogens with one attached hydrogen (secondary N) is 2. The first kappa shape index (κ1) is 24.3. The Labute approximate surface area is 207 Å². The Morgan fingerprint density at radius 1 is 1.11 bits per heavy atom. The zero-order chi connectivity index (χ0) is 24.8. The number of amides is 3. The van der Waals surface area contributed by atoms with Crippen LogP contribution in [0.25, 0.3) is 0 Å². The molecule has 1 aromatic heterocycles. The Morgan fingerprint density at radius 2 is 1.89 bits per heavy atom. The van der Waals surface area contributed by atoms with Gasteiger partial charge in [0.1, 0.15) is 5.75 Å². The number of nitrogens with zero attached hydrogens (tertiary/aromatic N) is 3. The van der Waals surface area contributed by atoms with Crippen LogP contribution in [0.5, 0.6) is 5.75 Å². The van der Waals surface area contributed by atoms with Gasteiger partial charge >= 0.3 is 0 Å². The van der Waals surface area contributed by atoms with Gasteiger partial charge in [-0.3, -0.25) is 14.4 Å². The maximum Gasteiger partial charge on any atom is 0.286 e. The van der Waals surface area contributed by atoms with Crippen molar-refractivity contribution in [3.8, 4) is 5.75 Å². The summed E-state index contributed by atoms with van der Waals surface area (Å²) in [6, 6.07) is 14.9. The SMILES string of the molecule is COc1ccc(NC(=O)c2nnc(C(=O)N3CCCC(C(=O)NCc4cccc(C)c4)C3)s2)cc1. The van der Waals surface area contributed by atoms with Crippen molar-refractivity contribution in [3.05, 3.63) is 69.7 Å². The van der Waals surface area contributed by atoms with Gasteiger partial charge in [0.05, 0.1) is 13.0 Å². The lowest BCUT2D eigenvalue weighted by molar-refractivity contribution is -0.126. The maximum atomic E-state index is 13.0. The van der Waals surface area contributed by atoms with E-state index in [-0.39, 0.29) is 27.7 Å². The molecule has 1 unspecified atom stereocenters. The smallest absolute Gasteiger partial charge is 0.286 e. The molecular formula is C25H27N5O4S. The first-order valence-corrected chi connectivity index (χ1v) is 12.2. The van der Waals surface area contributed by atoms with Crippen LogP contribution >= 0.6 is 11.3 Å². The highest BCUT2D eigenvalue weighted by molar-refractivity contribution is 7.15. The zero-order valence-corrected chi connectivity index (χ0v) is 20.4. The topological polar surface area (TPSA) is 114 Å². The second-order valence-electron chi connectivity index (χ2n) is 8.39. The van der Waals surface area contributed by atoms with Gasteiger partial charge in [-0.2, -0.15) is 0 Å². The fourth-order valence-corrected chi connectivity index (χ4v) is 4.63. The first-order chi connectivity index (χ1) is 16.9. The van der Waals surface area contributed by atoms with Crippen molar-refractivity contribution in [2.75, 3.05) is 25.5 Å². The third-order valence-electron chi connectivity index (χ3n) is 5.78. The summed E-state index contributed by atoms with van der Waals surface area (Å²) in [4.78, 5) is 39.9. The molecule has 1 fully saturated rings. The molecule has 0 spiro atoms. The van der Waals surface area contributed by atoms with Crippen molar-refractivity contribution < 1.29 is 19.1 Å². The molecule has 9 nitrogen and oxygen atoms in total. The van der Waals surface area contributed by atoms with Crippen LogP contribution in [0.2, 0.25) is 0 Å². The molecule has 0 aliphatic carbocycles. The summed E-state index contributed by atoms with van der Waals surface area (Å²) in [5.41, 5.74) is 2.76. The Balaban J connectivity index is 1.33. The largest absolute Gasteiger partial charge is 0.497 e. The molecular weight excluding hydrogens is 466 g/mol. The van der Waals surface area contributed by atoms with E-state index in [1.54, 1.807) is 36.3 Å². The molecule has 0 saturated carbocycles. The third kappa shape index (κ3) is 6.21. The van der Waals surface area contributed by atoms with Gasteiger partial charge in [-0.15, -0.1) is 10.2 Å². The quantitative estimate of drug-likeness (QED) is 0.522. The summed E-state index contributed by atoms with van der Waals surface area (Å²) >= 11 is 0.937. The number of benzene rings is 2. The number of aryl methyl sites for hydroxylation is 1. The highest BCUT2D eigenvalue weighted by Gasteiger charge is 2.30. The molecule has 3 amide bonds. The standard InChI is InChI=1S/C25H27N5O4S/c1-16-5-3-6-17(13-16)14-26-21(31)18-7-4-12-30(15-18)25(33)24-29-28-23(35-24)22(32)27-19-8-10-20(34-2)11-9-19/h3,5-6,8-11,13,18H,4,7,12,14-15H2,1-2H3,(H,26,31)(H,27,32). The first-order valence-electron chi connectivity index (χ1n) is 11.3. The van der Waals surface area contributed by atoms with Crippen molar-refractivity contribution in [3.63, 3.8) is 0 Å². The van der Waals surface area contributed by atoms with Crippen molar-refractivity contribution in [2.24, 2.45) is 5.92 Å². The van der Waals surface area contributed by atoms with Crippen LogP contribution in [0.3, 0.4) is 0 Å². The Kier molecular flexibility index (Phi) is 7.71. The minimum atomic E-state index is -0.446. The average Bonchev–Trinajstić information content (AvgIpc) is 3.38. The molecule has 3 aromatic rings. The average molecular weight is 494 g/mol. The third-order valence-corrected chi connectivity index (χ3v) is 6.69. The summed E-state index contributed by atoms with van der Waals surface area (Å²) in [5, 5.41) is 13.8. The lowest BCUT2D eigenvalue weighted by Gasteiger charge is -2.31. The molecule has 1 saturated heterocycles. The molecule has 2 heterocycles. The van der Waals surface area contributed by atoms with Gasteiger partial charge < -0.3 is 20.3 Å². The number of carbonyl (C=O) groups is 3. The predicted octanol–water partition coefficient (Wildman–Crippen LogP) is 3.28. The molecule has 182 valence electrons. The number of anilines is 1. The summed E-state index contributed by atoms with van der Waals surface area (Å²) in [5.74, 6) is -0.444. The van der Waals surface area contributed by atoms with Crippen LogP contribution in [0.1, 0.15) is 43.6 Å². The van der Waals surface area contributed by atoms with Gasteiger partial charge in [0.15, 0.2) is 0 Å². The van der Waals surface area contributed by atoms with Gasteiger partial charge in [-0.25, -0.2) is 0 Å². The van der Waals surface area contributed by atoms with Gasteiger partial charge in [0.25, 0.3) is 11.8 Å². The fraction of sp³-hybridized carbons (Fsp3) is 0.320. The Bertz CT molecular complexity index is 1210. The van der Waals surface area contributed by atoms with Crippen LogP contribution in [-0.2, 0) is 11.3 Å². The van der Waals surface area contributed by atoms with E-state index >= 15 is 0 Å². The molecule has 1 aliphatic heterocycles. The second kappa shape index (κ2) is 11.1. The molecule has 1 aliphatic rings. The van der Waals surface area contributed by atoms with Crippen LogP contribution in [0.15, 0.2) is 48.5 Å². The Hall–Kier alpha value is -3.79. The van der Waals surface area contributed by atoms with Crippen molar-refractivity contribution in [1.29, 1.82) is 0 Å². The zero-order valence-electron chi connectivity index (χ0n) is 19.6. The lowest BCUT2D eigenvalue weighted by atomic mass is 9.97. The van der Waals surface area contributed by atoms with Gasteiger partial charge in [-0.1, -0.05) is 41.2 Å². The van der Waals surface area contributed by atoms with Crippen molar-refractivity contribution >= 4 is 34.7 Å². The molecule has 2 N–H and O–H groups in total. The highest BCUT2D eigenvalue weighted by Crippen LogP contribution is 2.22. The molecule has 2 aromatic carbocycles. The van der Waals surface area contributed by atoms with E-state index in [9.17, 15) is 14.4 Å². The Morgan fingerprint density at radius 3 is 2.63 bits per heavy atom. The monoisotopic (exact) mass is 493 g/mol. The van der Waals surface area contributed by atoms with E-state index in [1.165, 1.54) is 0 Å². The van der Waals surface area contributed by atoms with E-state index in [0.29, 0.717) is 31.1 Å². The molecule has 4 rings (SSSR count). The van der Waals surface area contributed by atoms with Gasteiger partial charge in [0.2, 0.25) is 15.9 Å². The predicted molar refractivity (Wildman–Crippen MR) is 133 cm³/mol. The molecule has 0 radical (unpaired) electrons. The molecule has 0 bridgehead atoms. The van der Waals surface area contributed by atoms with E-state index in [1.807, 2.05) is 31.2 Å². The number of aromatic nitrogens is 2. The van der Waals surface area contributed by atoms with E-state index < -0.39 is 5.91 Å². The number of ether oxygens (including phenoxy) is 1. The number of likely N-dealkylation sites (tertiary alicyclic amines) is 1. The summed E-state index contributed by atoms with van der Waals surface area (Å²) in [7, 11) is 1.57. The van der Waals surface area contributed by atoms with Gasteiger partial charge in [0, 0.05) is 25.3 Å². The number of hydrogen-bond donors (Lipinski definition) is 2. The molecule has 10 heteroatoms. The van der Waals surface area contributed by atoms with Crippen LogP contribution < -0.4 is 15.4 Å². The lowest BCUT2D eigenvalue weighted by Crippen LogP contribution is -2.45. The number of rotatable bonds is 7. The normalized spacial score (nSPS) is 15.4. The van der Waals surface area contributed by atoms with Crippen molar-refractivity contribution in [2.45, 2.75) is 26.3 Å². The molecule has 1 atom stereocenters. The van der Waals surface area contributed by atoms with E-state index in [0.717, 1.165) is 35.3 Å². The number of methoxy groups -OCH3 is 1. The minimum Gasteiger partial charge on any atom is -0.497 e. The number of carbonyl (C=O) groups excluding carboxylic acids is 3. The van der Waals surface area contributed by atoms with Crippen molar-refractivity contribution in [1.82, 2.24) is 20.4 Å².